The number of benzene rings is 2. The molecule has 1 aromatic heterocycles. The summed E-state index contributed by atoms with van der Waals surface area (Å²) in [6.07, 6.45) is 2.71. The summed E-state index contributed by atoms with van der Waals surface area (Å²) in [5, 5.41) is 4.79. The van der Waals surface area contributed by atoms with Gasteiger partial charge in [-0.25, -0.2) is 0 Å². The number of rotatable bonds is 4. The molecule has 5 heteroatoms. The number of piperidine rings is 1. The van der Waals surface area contributed by atoms with E-state index in [1.807, 2.05) is 64.3 Å². The van der Waals surface area contributed by atoms with Gasteiger partial charge < -0.3 is 10.6 Å². The van der Waals surface area contributed by atoms with Crippen LogP contribution in [0.3, 0.4) is 0 Å². The fraction of sp³-hybridized carbons (Fsp3) is 0.333. The predicted molar refractivity (Wildman–Crippen MR) is 115 cm³/mol. The van der Waals surface area contributed by atoms with Gasteiger partial charge in [-0.1, -0.05) is 74.5 Å². The molecule has 4 rings (SSSR count). The van der Waals surface area contributed by atoms with Crippen LogP contribution in [-0.4, -0.2) is 39.7 Å². The van der Waals surface area contributed by atoms with Crippen molar-refractivity contribution in [1.82, 2.24) is 14.7 Å². The van der Waals surface area contributed by atoms with Gasteiger partial charge >= 0.3 is 0 Å². The third-order valence-electron chi connectivity index (χ3n) is 5.83. The van der Waals surface area contributed by atoms with Gasteiger partial charge in [-0.05, 0) is 17.4 Å². The molecule has 0 saturated carbocycles. The molecule has 2 N–H and O–H groups in total. The monoisotopic (exact) mass is 388 g/mol. The highest BCUT2D eigenvalue weighted by molar-refractivity contribution is 6.00. The summed E-state index contributed by atoms with van der Waals surface area (Å²) in [7, 11) is 0. The van der Waals surface area contributed by atoms with E-state index in [0.29, 0.717) is 25.2 Å². The molecule has 2 heterocycles. The van der Waals surface area contributed by atoms with Gasteiger partial charge in [0.05, 0.1) is 12.1 Å². The molecule has 0 spiro atoms. The number of hydrogen-bond acceptors (Lipinski definition) is 3. The quantitative estimate of drug-likeness (QED) is 0.739. The Labute approximate surface area is 172 Å². The Kier molecular flexibility index (Phi) is 5.24. The highest BCUT2D eigenvalue weighted by Crippen LogP contribution is 2.30. The number of carbonyl (C=O) groups is 1. The maximum atomic E-state index is 13.5. The van der Waals surface area contributed by atoms with Crippen molar-refractivity contribution in [2.75, 3.05) is 13.1 Å². The molecule has 1 atom stereocenters. The Hall–Kier alpha value is -2.92. The molecule has 1 fully saturated rings. The Bertz CT molecular complexity index is 979. The third kappa shape index (κ3) is 4.10. The lowest BCUT2D eigenvalue weighted by Gasteiger charge is -2.42. The summed E-state index contributed by atoms with van der Waals surface area (Å²) >= 11 is 0. The van der Waals surface area contributed by atoms with Crippen molar-refractivity contribution in [3.63, 3.8) is 0 Å². The molecule has 1 amide bonds. The van der Waals surface area contributed by atoms with Crippen molar-refractivity contribution in [3.8, 4) is 11.3 Å². The van der Waals surface area contributed by atoms with Crippen LogP contribution in [0, 0.1) is 5.41 Å². The summed E-state index contributed by atoms with van der Waals surface area (Å²) in [6, 6.07) is 20.2. The molecule has 1 aliphatic heterocycles. The summed E-state index contributed by atoms with van der Waals surface area (Å²) in [5.74, 6) is 0.0307. The molecule has 150 valence electrons. The van der Waals surface area contributed by atoms with Gasteiger partial charge in [-0.15, -0.1) is 0 Å². The zero-order valence-corrected chi connectivity index (χ0v) is 17.1. The summed E-state index contributed by atoms with van der Waals surface area (Å²) in [4.78, 5) is 15.4. The van der Waals surface area contributed by atoms with Gasteiger partial charge in [0.25, 0.3) is 5.91 Å². The van der Waals surface area contributed by atoms with Crippen molar-refractivity contribution in [3.05, 3.63) is 78.0 Å². The summed E-state index contributed by atoms with van der Waals surface area (Å²) in [5.41, 5.74) is 9.67. The molecule has 0 bridgehead atoms. The van der Waals surface area contributed by atoms with Gasteiger partial charge in [0.2, 0.25) is 0 Å². The van der Waals surface area contributed by atoms with Crippen LogP contribution in [0.4, 0.5) is 0 Å². The molecular formula is C24H28N4O. The number of amides is 1. The minimum Gasteiger partial charge on any atom is -0.338 e. The second-order valence-electron chi connectivity index (χ2n) is 8.55. The molecule has 5 nitrogen and oxygen atoms in total. The van der Waals surface area contributed by atoms with Crippen LogP contribution in [0.15, 0.2) is 66.9 Å². The maximum absolute atomic E-state index is 13.5. The van der Waals surface area contributed by atoms with Crippen molar-refractivity contribution in [2.24, 2.45) is 11.1 Å². The average molecular weight is 389 g/mol. The van der Waals surface area contributed by atoms with Gasteiger partial charge in [-0.3, -0.25) is 9.48 Å². The molecule has 2 aromatic carbocycles. The first kappa shape index (κ1) is 19.4. The van der Waals surface area contributed by atoms with E-state index in [1.165, 1.54) is 0 Å². The molecule has 29 heavy (non-hydrogen) atoms. The minimum absolute atomic E-state index is 0.0307. The number of aromatic nitrogens is 2. The Morgan fingerprint density at radius 3 is 2.41 bits per heavy atom. The molecule has 0 aliphatic carbocycles. The normalized spacial score (nSPS) is 18.6. The van der Waals surface area contributed by atoms with E-state index >= 15 is 0 Å². The first-order chi connectivity index (χ1) is 13.9. The second kappa shape index (κ2) is 7.84. The topological polar surface area (TPSA) is 64.2 Å². The first-order valence-corrected chi connectivity index (χ1v) is 10.2. The molecular weight excluding hydrogens is 360 g/mol. The summed E-state index contributed by atoms with van der Waals surface area (Å²) in [6.45, 7) is 6.24. The highest BCUT2D eigenvalue weighted by Gasteiger charge is 2.36. The Balaban J connectivity index is 1.68. The number of hydrogen-bond donors (Lipinski definition) is 1. The fourth-order valence-electron chi connectivity index (χ4n) is 3.96. The predicted octanol–water partition coefficient (Wildman–Crippen LogP) is 3.80. The standard InChI is InChI=1S/C24H28N4O/c1-24(2)17-27(14-13-21(24)25)23(29)20-16-28(15-18-9-5-3-6-10-18)26-22(20)19-11-7-4-8-12-19/h3-12,16,21H,13-15,17,25H2,1-2H3. The third-order valence-corrected chi connectivity index (χ3v) is 5.83. The van der Waals surface area contributed by atoms with E-state index in [4.69, 9.17) is 10.8 Å². The first-order valence-electron chi connectivity index (χ1n) is 10.2. The van der Waals surface area contributed by atoms with E-state index in [-0.39, 0.29) is 17.4 Å². The number of nitrogens with zero attached hydrogens (tertiary/aromatic N) is 3. The van der Waals surface area contributed by atoms with Crippen LogP contribution >= 0.6 is 0 Å². The van der Waals surface area contributed by atoms with Gasteiger partial charge in [0, 0.05) is 30.9 Å². The average Bonchev–Trinajstić information content (AvgIpc) is 3.14. The van der Waals surface area contributed by atoms with Gasteiger partial charge in [0.15, 0.2) is 0 Å². The summed E-state index contributed by atoms with van der Waals surface area (Å²) < 4.78 is 1.87. The molecule has 1 aliphatic rings. The van der Waals surface area contributed by atoms with Crippen LogP contribution in [-0.2, 0) is 6.54 Å². The lowest BCUT2D eigenvalue weighted by atomic mass is 9.79. The fourth-order valence-corrected chi connectivity index (χ4v) is 3.96. The lowest BCUT2D eigenvalue weighted by Crippen LogP contribution is -2.54. The Morgan fingerprint density at radius 1 is 1.10 bits per heavy atom. The maximum Gasteiger partial charge on any atom is 0.257 e. The highest BCUT2D eigenvalue weighted by atomic mass is 16.2. The van der Waals surface area contributed by atoms with Gasteiger partial charge in [0.1, 0.15) is 5.69 Å². The Morgan fingerprint density at radius 2 is 1.76 bits per heavy atom. The van der Waals surface area contributed by atoms with Crippen molar-refractivity contribution in [1.29, 1.82) is 0 Å². The van der Waals surface area contributed by atoms with E-state index in [2.05, 4.69) is 26.0 Å². The molecule has 1 saturated heterocycles. The van der Waals surface area contributed by atoms with Crippen molar-refractivity contribution in [2.45, 2.75) is 32.9 Å². The number of likely N-dealkylation sites (tertiary alicyclic amines) is 1. The largest absolute Gasteiger partial charge is 0.338 e. The van der Waals surface area contributed by atoms with E-state index < -0.39 is 0 Å². The molecule has 1 unspecified atom stereocenters. The lowest BCUT2D eigenvalue weighted by molar-refractivity contribution is 0.0533. The SMILES string of the molecule is CC1(C)CN(C(=O)c2cn(Cc3ccccc3)nc2-c2ccccc2)CCC1N. The second-order valence-corrected chi connectivity index (χ2v) is 8.55. The number of carbonyl (C=O) groups excluding carboxylic acids is 1. The smallest absolute Gasteiger partial charge is 0.257 e. The van der Waals surface area contributed by atoms with Crippen molar-refractivity contribution < 1.29 is 4.79 Å². The van der Waals surface area contributed by atoms with E-state index in [0.717, 1.165) is 23.2 Å². The van der Waals surface area contributed by atoms with E-state index in [1.54, 1.807) is 0 Å². The minimum atomic E-state index is -0.0964. The van der Waals surface area contributed by atoms with Crippen LogP contribution < -0.4 is 5.73 Å². The molecule has 3 aromatic rings. The van der Waals surface area contributed by atoms with Gasteiger partial charge in [-0.2, -0.15) is 5.10 Å². The van der Waals surface area contributed by atoms with Crippen LogP contribution in [0.25, 0.3) is 11.3 Å². The van der Waals surface area contributed by atoms with Crippen LogP contribution in [0.5, 0.6) is 0 Å². The zero-order valence-electron chi connectivity index (χ0n) is 17.1. The van der Waals surface area contributed by atoms with E-state index in [9.17, 15) is 4.79 Å². The van der Waals surface area contributed by atoms with Crippen LogP contribution in [0.2, 0.25) is 0 Å². The molecule has 0 radical (unpaired) electrons. The number of nitrogens with two attached hydrogens (primary N) is 1. The zero-order chi connectivity index (χ0) is 20.4. The van der Waals surface area contributed by atoms with Crippen LogP contribution in [0.1, 0.15) is 36.2 Å². The van der Waals surface area contributed by atoms with Crippen molar-refractivity contribution >= 4 is 5.91 Å².